The van der Waals surface area contributed by atoms with Crippen LogP contribution in [0, 0.1) is 5.92 Å². The molecule has 1 saturated carbocycles. The molecule has 0 aromatic heterocycles. The largest absolute Gasteiger partial charge is 0.483 e. The number of nitrogens with zero attached hydrogens (tertiary/aromatic N) is 1. The first-order chi connectivity index (χ1) is 11.7. The minimum Gasteiger partial charge on any atom is -0.483 e. The van der Waals surface area contributed by atoms with Gasteiger partial charge in [-0.2, -0.15) is 0 Å². The molecule has 24 heavy (non-hydrogen) atoms. The zero-order valence-corrected chi connectivity index (χ0v) is 14.6. The fourth-order valence-corrected chi connectivity index (χ4v) is 3.23. The van der Waals surface area contributed by atoms with E-state index >= 15 is 0 Å². The van der Waals surface area contributed by atoms with E-state index < -0.39 is 0 Å². The number of carbonyl (C=O) groups is 1. The summed E-state index contributed by atoms with van der Waals surface area (Å²) in [5, 5.41) is 6.32. The highest BCUT2D eigenvalue weighted by atomic mass is 16.5. The van der Waals surface area contributed by atoms with E-state index in [1.807, 2.05) is 25.2 Å². The number of hydrogen-bond acceptors (Lipinski definition) is 4. The second-order valence-electron chi connectivity index (χ2n) is 7.01. The third-order valence-electron chi connectivity index (χ3n) is 4.92. The van der Waals surface area contributed by atoms with Crippen LogP contribution in [-0.2, 0) is 11.3 Å². The highest BCUT2D eigenvalue weighted by Crippen LogP contribution is 2.27. The minimum absolute atomic E-state index is 0.0232. The Hall–Kier alpha value is -1.59. The zero-order valence-electron chi connectivity index (χ0n) is 14.6. The summed E-state index contributed by atoms with van der Waals surface area (Å²) < 4.78 is 5.79. The molecular formula is C19H29N3O2. The number of piperidine rings is 1. The Labute approximate surface area is 144 Å². The van der Waals surface area contributed by atoms with Crippen molar-refractivity contribution in [3.8, 4) is 5.75 Å². The number of benzene rings is 1. The van der Waals surface area contributed by atoms with Crippen molar-refractivity contribution in [2.24, 2.45) is 5.92 Å². The van der Waals surface area contributed by atoms with Crippen molar-refractivity contribution < 1.29 is 9.53 Å². The van der Waals surface area contributed by atoms with Gasteiger partial charge in [0, 0.05) is 31.2 Å². The summed E-state index contributed by atoms with van der Waals surface area (Å²) in [6.07, 6.45) is 4.95. The second-order valence-corrected chi connectivity index (χ2v) is 7.01. The van der Waals surface area contributed by atoms with Crippen LogP contribution in [0.1, 0.15) is 31.2 Å². The molecule has 1 atom stereocenters. The van der Waals surface area contributed by atoms with Gasteiger partial charge in [0.1, 0.15) is 5.75 Å². The Balaban J connectivity index is 1.51. The van der Waals surface area contributed by atoms with Crippen molar-refractivity contribution in [2.45, 2.75) is 38.3 Å². The zero-order chi connectivity index (χ0) is 16.8. The average molecular weight is 331 g/mol. The van der Waals surface area contributed by atoms with Crippen LogP contribution in [0.15, 0.2) is 24.3 Å². The number of ether oxygens (including phenoxy) is 1. The van der Waals surface area contributed by atoms with E-state index in [1.54, 1.807) is 0 Å². The van der Waals surface area contributed by atoms with Crippen LogP contribution in [0.5, 0.6) is 5.75 Å². The summed E-state index contributed by atoms with van der Waals surface area (Å²) >= 11 is 0. The first kappa shape index (κ1) is 17.2. The maximum atomic E-state index is 11.9. The summed E-state index contributed by atoms with van der Waals surface area (Å²) in [5.41, 5.74) is 1.16. The predicted octanol–water partition coefficient (Wildman–Crippen LogP) is 1.78. The maximum Gasteiger partial charge on any atom is 0.257 e. The summed E-state index contributed by atoms with van der Waals surface area (Å²) in [6.45, 7) is 3.95. The smallest absolute Gasteiger partial charge is 0.257 e. The Morgan fingerprint density at radius 3 is 2.92 bits per heavy atom. The molecule has 2 N–H and O–H groups in total. The SMILES string of the molecule is CNC1CCCN(Cc2ccccc2OCC(=O)NCC2CC2)C1. The fraction of sp³-hybridized carbons (Fsp3) is 0.632. The first-order valence-electron chi connectivity index (χ1n) is 9.11. The van der Waals surface area contributed by atoms with Crippen molar-refractivity contribution in [2.75, 3.05) is 33.3 Å². The average Bonchev–Trinajstić information content (AvgIpc) is 3.44. The standard InChI is InChI=1S/C19H29N3O2/c1-20-17-6-4-10-22(13-17)12-16-5-2-3-7-18(16)24-14-19(23)21-11-15-8-9-15/h2-3,5,7,15,17,20H,4,6,8-14H2,1H3,(H,21,23). The fourth-order valence-electron chi connectivity index (χ4n) is 3.23. The lowest BCUT2D eigenvalue weighted by atomic mass is 10.0. The monoisotopic (exact) mass is 331 g/mol. The Morgan fingerprint density at radius 1 is 1.29 bits per heavy atom. The van der Waals surface area contributed by atoms with E-state index in [1.165, 1.54) is 25.7 Å². The summed E-state index contributed by atoms with van der Waals surface area (Å²) in [7, 11) is 2.03. The van der Waals surface area contributed by atoms with Crippen LogP contribution in [0.3, 0.4) is 0 Å². The molecule has 2 fully saturated rings. The maximum absolute atomic E-state index is 11.9. The Bertz CT molecular complexity index is 545. The number of likely N-dealkylation sites (tertiary alicyclic amines) is 1. The first-order valence-corrected chi connectivity index (χ1v) is 9.11. The lowest BCUT2D eigenvalue weighted by Crippen LogP contribution is -2.43. The van der Waals surface area contributed by atoms with E-state index in [2.05, 4.69) is 21.6 Å². The molecule has 1 heterocycles. The molecule has 0 radical (unpaired) electrons. The van der Waals surface area contributed by atoms with Crippen LogP contribution in [0.4, 0.5) is 0 Å². The van der Waals surface area contributed by atoms with E-state index in [-0.39, 0.29) is 12.5 Å². The molecular weight excluding hydrogens is 302 g/mol. The van der Waals surface area contributed by atoms with Gasteiger partial charge in [-0.3, -0.25) is 9.69 Å². The molecule has 0 bridgehead atoms. The van der Waals surface area contributed by atoms with Gasteiger partial charge in [0.15, 0.2) is 6.61 Å². The summed E-state index contributed by atoms with van der Waals surface area (Å²) in [6, 6.07) is 8.63. The van der Waals surface area contributed by atoms with Crippen molar-refractivity contribution in [1.82, 2.24) is 15.5 Å². The number of para-hydroxylation sites is 1. The van der Waals surface area contributed by atoms with Gasteiger partial charge in [-0.25, -0.2) is 0 Å². The number of nitrogens with one attached hydrogen (secondary N) is 2. The lowest BCUT2D eigenvalue weighted by Gasteiger charge is -2.32. The Kier molecular flexibility index (Phi) is 6.10. The predicted molar refractivity (Wildman–Crippen MR) is 95.0 cm³/mol. The normalized spacial score (nSPS) is 21.5. The molecule has 5 heteroatoms. The van der Waals surface area contributed by atoms with Gasteiger partial charge >= 0.3 is 0 Å². The number of hydrogen-bond donors (Lipinski definition) is 2. The molecule has 1 aliphatic carbocycles. The van der Waals surface area contributed by atoms with Gasteiger partial charge < -0.3 is 15.4 Å². The van der Waals surface area contributed by atoms with Crippen LogP contribution < -0.4 is 15.4 Å². The van der Waals surface area contributed by atoms with E-state index in [9.17, 15) is 4.79 Å². The third-order valence-corrected chi connectivity index (χ3v) is 4.92. The van der Waals surface area contributed by atoms with Gasteiger partial charge in [0.2, 0.25) is 0 Å². The lowest BCUT2D eigenvalue weighted by molar-refractivity contribution is -0.123. The van der Waals surface area contributed by atoms with E-state index in [0.29, 0.717) is 12.0 Å². The molecule has 0 spiro atoms. The van der Waals surface area contributed by atoms with Gasteiger partial charge in [-0.05, 0) is 51.3 Å². The second kappa shape index (κ2) is 8.49. The van der Waals surface area contributed by atoms with Gasteiger partial charge in [0.25, 0.3) is 5.91 Å². The Morgan fingerprint density at radius 2 is 2.12 bits per heavy atom. The molecule has 5 nitrogen and oxygen atoms in total. The molecule has 1 saturated heterocycles. The molecule has 2 aliphatic rings. The van der Waals surface area contributed by atoms with Gasteiger partial charge in [-0.15, -0.1) is 0 Å². The summed E-state index contributed by atoms with van der Waals surface area (Å²) in [5.74, 6) is 1.50. The van der Waals surface area contributed by atoms with Crippen LogP contribution in [0.2, 0.25) is 0 Å². The van der Waals surface area contributed by atoms with Gasteiger partial charge in [-0.1, -0.05) is 18.2 Å². The molecule has 132 valence electrons. The topological polar surface area (TPSA) is 53.6 Å². The molecule has 1 unspecified atom stereocenters. The third kappa shape index (κ3) is 5.21. The highest BCUT2D eigenvalue weighted by Gasteiger charge is 2.22. The van der Waals surface area contributed by atoms with Crippen LogP contribution in [0.25, 0.3) is 0 Å². The minimum atomic E-state index is -0.0232. The van der Waals surface area contributed by atoms with Crippen molar-refractivity contribution in [3.63, 3.8) is 0 Å². The number of amides is 1. The number of rotatable bonds is 8. The number of carbonyl (C=O) groups excluding carboxylic acids is 1. The highest BCUT2D eigenvalue weighted by molar-refractivity contribution is 5.77. The van der Waals surface area contributed by atoms with Crippen molar-refractivity contribution >= 4 is 5.91 Å². The van der Waals surface area contributed by atoms with Gasteiger partial charge in [0.05, 0.1) is 0 Å². The summed E-state index contributed by atoms with van der Waals surface area (Å²) in [4.78, 5) is 14.3. The van der Waals surface area contributed by atoms with Crippen LogP contribution >= 0.6 is 0 Å². The number of likely N-dealkylation sites (N-methyl/N-ethyl adjacent to an activating group) is 1. The molecule has 3 rings (SSSR count). The molecule has 1 aliphatic heterocycles. The quantitative estimate of drug-likeness (QED) is 0.762. The molecule has 1 aromatic rings. The molecule has 1 aromatic carbocycles. The van der Waals surface area contributed by atoms with Crippen molar-refractivity contribution in [1.29, 1.82) is 0 Å². The van der Waals surface area contributed by atoms with Crippen LogP contribution in [-0.4, -0.2) is 50.1 Å². The molecule has 1 amide bonds. The van der Waals surface area contributed by atoms with E-state index in [0.717, 1.165) is 37.5 Å². The van der Waals surface area contributed by atoms with E-state index in [4.69, 9.17) is 4.74 Å². The van der Waals surface area contributed by atoms with Crippen molar-refractivity contribution in [3.05, 3.63) is 29.8 Å².